The number of hydrogen-bond donors (Lipinski definition) is 2. The third-order valence-corrected chi connectivity index (χ3v) is 7.68. The lowest BCUT2D eigenvalue weighted by molar-refractivity contribution is -0.119. The number of carbonyl (C=O) groups excluding carboxylic acids is 3. The molecule has 0 fully saturated rings. The molecule has 0 bridgehead atoms. The van der Waals surface area contributed by atoms with Crippen LogP contribution in [0.15, 0.2) is 71.1 Å². The normalized spacial score (nSPS) is 20.1. The van der Waals surface area contributed by atoms with Gasteiger partial charge in [-0.1, -0.05) is 52.0 Å². The molecule has 0 saturated carbocycles. The standard InChI is InChI=1S/C32H36N2O5/c1-31(2)14-22-29(24(35)16-31)28(30-23(33-22)15-32(3,4)17-25(30)36)19-10-12-20(13-11-19)39-18-27(37)34-21-8-6-7-9-26(21)38-5/h6-13,28,33H,14-18H2,1-5H3,(H,34,37). The minimum absolute atomic E-state index is 0.0938. The molecule has 0 unspecified atom stereocenters. The molecule has 0 radical (unpaired) electrons. The zero-order valence-corrected chi connectivity index (χ0v) is 23.3. The molecule has 0 aromatic heterocycles. The lowest BCUT2D eigenvalue weighted by atomic mass is 9.64. The van der Waals surface area contributed by atoms with E-state index in [2.05, 4.69) is 38.3 Å². The SMILES string of the molecule is COc1ccccc1NC(=O)COc1ccc(C2C3=C(CC(C)(C)CC3=O)NC3=C2C(=O)CC(C)(C)C3)cc1. The quantitative estimate of drug-likeness (QED) is 0.501. The minimum Gasteiger partial charge on any atom is -0.495 e. The van der Waals surface area contributed by atoms with E-state index in [1.54, 1.807) is 31.4 Å². The average Bonchev–Trinajstić information content (AvgIpc) is 2.85. The Bertz CT molecular complexity index is 1350. The molecule has 204 valence electrons. The van der Waals surface area contributed by atoms with Crippen LogP contribution in [0.4, 0.5) is 5.69 Å². The average molecular weight is 529 g/mol. The fourth-order valence-electron chi connectivity index (χ4n) is 6.06. The van der Waals surface area contributed by atoms with Crippen LogP contribution in [0.1, 0.15) is 64.9 Å². The van der Waals surface area contributed by atoms with Gasteiger partial charge in [-0.15, -0.1) is 0 Å². The van der Waals surface area contributed by atoms with E-state index >= 15 is 0 Å². The molecule has 1 amide bonds. The Morgan fingerprint density at radius 3 is 2.00 bits per heavy atom. The van der Waals surface area contributed by atoms with Crippen LogP contribution in [-0.2, 0) is 14.4 Å². The molecule has 0 atom stereocenters. The zero-order valence-electron chi connectivity index (χ0n) is 23.3. The van der Waals surface area contributed by atoms with E-state index in [0.717, 1.165) is 29.8 Å². The summed E-state index contributed by atoms with van der Waals surface area (Å²) >= 11 is 0. The summed E-state index contributed by atoms with van der Waals surface area (Å²) in [6.45, 7) is 8.28. The van der Waals surface area contributed by atoms with E-state index in [1.807, 2.05) is 24.3 Å². The van der Waals surface area contributed by atoms with Gasteiger partial charge in [0.2, 0.25) is 0 Å². The van der Waals surface area contributed by atoms with Gasteiger partial charge in [-0.2, -0.15) is 0 Å². The zero-order chi connectivity index (χ0) is 27.9. The fourth-order valence-corrected chi connectivity index (χ4v) is 6.06. The first-order valence-corrected chi connectivity index (χ1v) is 13.4. The third-order valence-electron chi connectivity index (χ3n) is 7.68. The molecule has 3 aliphatic rings. The lowest BCUT2D eigenvalue weighted by Crippen LogP contribution is -2.42. The second kappa shape index (κ2) is 10.0. The van der Waals surface area contributed by atoms with E-state index in [0.29, 0.717) is 41.2 Å². The number of allylic oxidation sites excluding steroid dienone is 4. The summed E-state index contributed by atoms with van der Waals surface area (Å²) in [5.41, 5.74) is 4.49. The molecule has 0 spiro atoms. The first-order valence-electron chi connectivity index (χ1n) is 13.4. The van der Waals surface area contributed by atoms with E-state index in [4.69, 9.17) is 9.47 Å². The van der Waals surface area contributed by atoms with E-state index < -0.39 is 5.92 Å². The van der Waals surface area contributed by atoms with Crippen molar-refractivity contribution < 1.29 is 23.9 Å². The molecule has 2 aromatic rings. The highest BCUT2D eigenvalue weighted by Gasteiger charge is 2.46. The van der Waals surface area contributed by atoms with Crippen molar-refractivity contribution in [3.05, 3.63) is 76.6 Å². The minimum atomic E-state index is -0.397. The van der Waals surface area contributed by atoms with Gasteiger partial charge in [0.1, 0.15) is 11.5 Å². The number of nitrogens with one attached hydrogen (secondary N) is 2. The van der Waals surface area contributed by atoms with Gasteiger partial charge in [0, 0.05) is 41.3 Å². The number of ketones is 2. The monoisotopic (exact) mass is 528 g/mol. The number of para-hydroxylation sites is 2. The molecule has 2 aromatic carbocycles. The molecule has 1 heterocycles. The largest absolute Gasteiger partial charge is 0.495 e. The molecule has 0 saturated heterocycles. The van der Waals surface area contributed by atoms with Gasteiger partial charge >= 0.3 is 0 Å². The van der Waals surface area contributed by atoms with Crippen LogP contribution in [0.25, 0.3) is 0 Å². The molecule has 5 rings (SSSR count). The van der Waals surface area contributed by atoms with Crippen LogP contribution in [0.2, 0.25) is 0 Å². The second-order valence-corrected chi connectivity index (χ2v) is 12.3. The summed E-state index contributed by atoms with van der Waals surface area (Å²) in [6.07, 6.45) is 2.43. The first kappa shape index (κ1) is 26.7. The highest BCUT2D eigenvalue weighted by molar-refractivity contribution is 6.06. The number of Topliss-reactive ketones (excluding diaryl/α,β-unsaturated/α-hetero) is 2. The van der Waals surface area contributed by atoms with Crippen LogP contribution < -0.4 is 20.1 Å². The van der Waals surface area contributed by atoms with Crippen molar-refractivity contribution in [2.45, 2.75) is 59.3 Å². The van der Waals surface area contributed by atoms with Gasteiger partial charge in [0.05, 0.1) is 12.8 Å². The van der Waals surface area contributed by atoms with Crippen molar-refractivity contribution in [1.82, 2.24) is 5.32 Å². The van der Waals surface area contributed by atoms with Crippen molar-refractivity contribution >= 4 is 23.2 Å². The number of methoxy groups -OCH3 is 1. The van der Waals surface area contributed by atoms with Crippen molar-refractivity contribution in [2.75, 3.05) is 19.0 Å². The van der Waals surface area contributed by atoms with Gasteiger partial charge in [0.15, 0.2) is 18.2 Å². The maximum Gasteiger partial charge on any atom is 0.262 e. The lowest BCUT2D eigenvalue weighted by Gasteiger charge is -2.44. The van der Waals surface area contributed by atoms with Gasteiger partial charge in [-0.25, -0.2) is 0 Å². The van der Waals surface area contributed by atoms with Gasteiger partial charge in [-0.05, 0) is 53.5 Å². The van der Waals surface area contributed by atoms with Crippen molar-refractivity contribution in [3.63, 3.8) is 0 Å². The summed E-state index contributed by atoms with van der Waals surface area (Å²) in [5, 5.41) is 6.34. The summed E-state index contributed by atoms with van der Waals surface area (Å²) < 4.78 is 11.0. The van der Waals surface area contributed by atoms with Crippen LogP contribution >= 0.6 is 0 Å². The Morgan fingerprint density at radius 2 is 1.44 bits per heavy atom. The van der Waals surface area contributed by atoms with Crippen LogP contribution in [0, 0.1) is 10.8 Å². The second-order valence-electron chi connectivity index (χ2n) is 12.3. The number of dihydropyridines is 1. The van der Waals surface area contributed by atoms with Crippen LogP contribution in [0.5, 0.6) is 11.5 Å². The summed E-state index contributed by atoms with van der Waals surface area (Å²) in [6, 6.07) is 14.6. The Labute approximate surface area is 229 Å². The first-order chi connectivity index (χ1) is 18.5. The van der Waals surface area contributed by atoms with E-state index in [9.17, 15) is 14.4 Å². The Kier molecular flexibility index (Phi) is 6.87. The fraction of sp³-hybridized carbons (Fsp3) is 0.406. The molecule has 7 nitrogen and oxygen atoms in total. The predicted molar refractivity (Wildman–Crippen MR) is 150 cm³/mol. The number of ether oxygens (including phenoxy) is 2. The molecule has 7 heteroatoms. The number of rotatable bonds is 6. The number of hydrogen-bond acceptors (Lipinski definition) is 6. The van der Waals surface area contributed by atoms with Gasteiger partial charge in [0.25, 0.3) is 5.91 Å². The number of amides is 1. The summed E-state index contributed by atoms with van der Waals surface area (Å²) in [4.78, 5) is 39.4. The van der Waals surface area contributed by atoms with Crippen LogP contribution in [0.3, 0.4) is 0 Å². The van der Waals surface area contributed by atoms with E-state index in [-0.39, 0.29) is 34.9 Å². The highest BCUT2D eigenvalue weighted by atomic mass is 16.5. The molecule has 2 N–H and O–H groups in total. The molecule has 39 heavy (non-hydrogen) atoms. The summed E-state index contributed by atoms with van der Waals surface area (Å²) in [5.74, 6) is 0.579. The smallest absolute Gasteiger partial charge is 0.262 e. The molecule has 2 aliphatic carbocycles. The maximum absolute atomic E-state index is 13.5. The Hall–Kier alpha value is -3.87. The number of carbonyl (C=O) groups is 3. The predicted octanol–water partition coefficient (Wildman–Crippen LogP) is 5.69. The van der Waals surface area contributed by atoms with Crippen molar-refractivity contribution in [3.8, 4) is 11.5 Å². The van der Waals surface area contributed by atoms with Gasteiger partial charge < -0.3 is 20.1 Å². The highest BCUT2D eigenvalue weighted by Crippen LogP contribution is 2.51. The third kappa shape index (κ3) is 5.49. The number of anilines is 1. The maximum atomic E-state index is 13.5. The van der Waals surface area contributed by atoms with Crippen molar-refractivity contribution in [2.24, 2.45) is 10.8 Å². The molecular formula is C32H36N2O5. The molecular weight excluding hydrogens is 492 g/mol. The Balaban J connectivity index is 1.39. The summed E-state index contributed by atoms with van der Waals surface area (Å²) in [7, 11) is 1.55. The van der Waals surface area contributed by atoms with Crippen molar-refractivity contribution in [1.29, 1.82) is 0 Å². The number of benzene rings is 2. The Morgan fingerprint density at radius 1 is 0.872 bits per heavy atom. The van der Waals surface area contributed by atoms with E-state index in [1.165, 1.54) is 0 Å². The van der Waals surface area contributed by atoms with Crippen LogP contribution in [-0.4, -0.2) is 31.2 Å². The van der Waals surface area contributed by atoms with Gasteiger partial charge in [-0.3, -0.25) is 14.4 Å². The molecule has 1 aliphatic heterocycles. The topological polar surface area (TPSA) is 93.7 Å².